The van der Waals surface area contributed by atoms with Crippen molar-refractivity contribution in [2.45, 2.75) is 5.60 Å². The first-order valence-electron chi connectivity index (χ1n) is 4.30. The highest BCUT2D eigenvalue weighted by Crippen LogP contribution is 2.34. The number of hydrogen-bond acceptors (Lipinski definition) is 3. The Bertz CT molecular complexity index is 347. The van der Waals surface area contributed by atoms with Crippen LogP contribution in [0.4, 0.5) is 0 Å². The van der Waals surface area contributed by atoms with Crippen LogP contribution in [0, 0.1) is 0 Å². The lowest BCUT2D eigenvalue weighted by Gasteiger charge is -2.36. The molecule has 1 aliphatic heterocycles. The zero-order valence-corrected chi connectivity index (χ0v) is 9.37. The zero-order valence-electron chi connectivity index (χ0n) is 7.79. The molecule has 14 heavy (non-hydrogen) atoms. The molecule has 1 aromatic carbocycles. The lowest BCUT2D eigenvalue weighted by molar-refractivity contribution is -0.184. The summed E-state index contributed by atoms with van der Waals surface area (Å²) in [5, 5.41) is 9.98. The molecule has 1 fully saturated rings. The second kappa shape index (κ2) is 3.53. The van der Waals surface area contributed by atoms with Crippen molar-refractivity contribution >= 4 is 15.9 Å². The topological polar surface area (TPSA) is 38.7 Å². The Kier molecular flexibility index (Phi) is 2.51. The molecule has 1 aromatic rings. The Labute approximate surface area is 90.8 Å². The summed E-state index contributed by atoms with van der Waals surface area (Å²) in [7, 11) is 1.61. The molecule has 2 rings (SSSR count). The van der Waals surface area contributed by atoms with Crippen LogP contribution >= 0.6 is 15.9 Å². The monoisotopic (exact) mass is 258 g/mol. The van der Waals surface area contributed by atoms with Crippen LogP contribution in [0.15, 0.2) is 22.7 Å². The first-order valence-corrected chi connectivity index (χ1v) is 5.09. The molecule has 0 aromatic heterocycles. The number of halogens is 1. The molecule has 1 N–H and O–H groups in total. The molecule has 0 radical (unpaired) electrons. The van der Waals surface area contributed by atoms with Gasteiger partial charge in [0, 0.05) is 0 Å². The first kappa shape index (κ1) is 9.96. The SMILES string of the molecule is COc1ccc(C2(O)COC2)cc1Br. The number of ether oxygens (including phenoxy) is 2. The lowest BCUT2D eigenvalue weighted by Crippen LogP contribution is -2.46. The molecule has 0 spiro atoms. The van der Waals surface area contributed by atoms with Gasteiger partial charge in [0.1, 0.15) is 11.4 Å². The van der Waals surface area contributed by atoms with Crippen LogP contribution in [0.25, 0.3) is 0 Å². The average molecular weight is 259 g/mol. The normalized spacial score (nSPS) is 18.8. The maximum Gasteiger partial charge on any atom is 0.136 e. The standard InChI is InChI=1S/C10H11BrO3/c1-13-9-3-2-7(4-8(9)11)10(12)5-14-6-10/h2-4,12H,5-6H2,1H3. The number of rotatable bonds is 2. The fraction of sp³-hybridized carbons (Fsp3) is 0.400. The molecule has 1 aliphatic rings. The second-order valence-electron chi connectivity index (χ2n) is 3.37. The highest BCUT2D eigenvalue weighted by atomic mass is 79.9. The largest absolute Gasteiger partial charge is 0.496 e. The van der Waals surface area contributed by atoms with Gasteiger partial charge in [-0.25, -0.2) is 0 Å². The molecule has 3 nitrogen and oxygen atoms in total. The molecule has 1 saturated heterocycles. The van der Waals surface area contributed by atoms with Gasteiger partial charge in [-0.1, -0.05) is 6.07 Å². The summed E-state index contributed by atoms with van der Waals surface area (Å²) < 4.78 is 10.9. The smallest absolute Gasteiger partial charge is 0.136 e. The van der Waals surface area contributed by atoms with Crippen molar-refractivity contribution in [1.29, 1.82) is 0 Å². The Morgan fingerprint density at radius 2 is 2.21 bits per heavy atom. The Balaban J connectivity index is 2.32. The van der Waals surface area contributed by atoms with Crippen molar-refractivity contribution in [3.8, 4) is 5.75 Å². The molecular formula is C10H11BrO3. The maximum absolute atomic E-state index is 9.98. The van der Waals surface area contributed by atoms with E-state index in [0.29, 0.717) is 13.2 Å². The average Bonchev–Trinajstić information content (AvgIpc) is 2.14. The van der Waals surface area contributed by atoms with E-state index in [1.165, 1.54) is 0 Å². The van der Waals surface area contributed by atoms with Crippen molar-refractivity contribution in [3.05, 3.63) is 28.2 Å². The van der Waals surface area contributed by atoms with Gasteiger partial charge in [-0.2, -0.15) is 0 Å². The first-order chi connectivity index (χ1) is 6.65. The van der Waals surface area contributed by atoms with Gasteiger partial charge in [-0.3, -0.25) is 0 Å². The van der Waals surface area contributed by atoms with E-state index in [9.17, 15) is 5.11 Å². The molecule has 0 unspecified atom stereocenters. The van der Waals surface area contributed by atoms with E-state index < -0.39 is 5.60 Å². The van der Waals surface area contributed by atoms with Crippen LogP contribution in [0.5, 0.6) is 5.75 Å². The highest BCUT2D eigenvalue weighted by Gasteiger charge is 2.38. The van der Waals surface area contributed by atoms with Gasteiger partial charge in [-0.15, -0.1) is 0 Å². The number of methoxy groups -OCH3 is 1. The quantitative estimate of drug-likeness (QED) is 0.878. The van der Waals surface area contributed by atoms with Gasteiger partial charge < -0.3 is 14.6 Å². The van der Waals surface area contributed by atoms with Crippen LogP contribution in [0.3, 0.4) is 0 Å². The zero-order chi connectivity index (χ0) is 10.2. The molecule has 0 bridgehead atoms. The summed E-state index contributed by atoms with van der Waals surface area (Å²) in [6.07, 6.45) is 0. The molecule has 76 valence electrons. The van der Waals surface area contributed by atoms with Gasteiger partial charge in [0.2, 0.25) is 0 Å². The maximum atomic E-state index is 9.98. The van der Waals surface area contributed by atoms with Gasteiger partial charge in [0.25, 0.3) is 0 Å². The summed E-state index contributed by atoms with van der Waals surface area (Å²) in [4.78, 5) is 0. The van der Waals surface area contributed by atoms with Crippen molar-refractivity contribution in [3.63, 3.8) is 0 Å². The Morgan fingerprint density at radius 1 is 1.50 bits per heavy atom. The second-order valence-corrected chi connectivity index (χ2v) is 4.23. The predicted molar refractivity (Wildman–Crippen MR) is 55.4 cm³/mol. The van der Waals surface area contributed by atoms with E-state index in [1.807, 2.05) is 18.2 Å². The number of hydrogen-bond donors (Lipinski definition) is 1. The minimum atomic E-state index is -0.811. The summed E-state index contributed by atoms with van der Waals surface area (Å²) in [6.45, 7) is 0.734. The minimum absolute atomic E-state index is 0.367. The Hall–Kier alpha value is -0.580. The molecule has 0 atom stereocenters. The van der Waals surface area contributed by atoms with E-state index >= 15 is 0 Å². The molecule has 0 saturated carbocycles. The third kappa shape index (κ3) is 1.54. The van der Waals surface area contributed by atoms with E-state index in [2.05, 4.69) is 15.9 Å². The van der Waals surface area contributed by atoms with Crippen LogP contribution in [-0.2, 0) is 10.3 Å². The number of benzene rings is 1. The van der Waals surface area contributed by atoms with Crippen molar-refractivity contribution in [1.82, 2.24) is 0 Å². The van der Waals surface area contributed by atoms with Gasteiger partial charge >= 0.3 is 0 Å². The molecule has 0 aliphatic carbocycles. The summed E-state index contributed by atoms with van der Waals surface area (Å²) in [6, 6.07) is 5.54. The van der Waals surface area contributed by atoms with Crippen molar-refractivity contribution in [2.24, 2.45) is 0 Å². The van der Waals surface area contributed by atoms with Crippen LogP contribution in [-0.4, -0.2) is 25.4 Å². The fourth-order valence-corrected chi connectivity index (χ4v) is 1.96. The van der Waals surface area contributed by atoms with Gasteiger partial charge in [0.15, 0.2) is 0 Å². The molecule has 4 heteroatoms. The number of aliphatic hydroxyl groups is 1. The molecule has 1 heterocycles. The van der Waals surface area contributed by atoms with Gasteiger partial charge in [0.05, 0.1) is 24.8 Å². The van der Waals surface area contributed by atoms with E-state index in [0.717, 1.165) is 15.8 Å². The summed E-state index contributed by atoms with van der Waals surface area (Å²) in [5.41, 5.74) is 0.0471. The highest BCUT2D eigenvalue weighted by molar-refractivity contribution is 9.10. The summed E-state index contributed by atoms with van der Waals surface area (Å²) >= 11 is 3.38. The minimum Gasteiger partial charge on any atom is -0.496 e. The van der Waals surface area contributed by atoms with E-state index in [1.54, 1.807) is 7.11 Å². The van der Waals surface area contributed by atoms with E-state index in [-0.39, 0.29) is 0 Å². The van der Waals surface area contributed by atoms with E-state index in [4.69, 9.17) is 9.47 Å². The van der Waals surface area contributed by atoms with Gasteiger partial charge in [-0.05, 0) is 33.6 Å². The van der Waals surface area contributed by atoms with Crippen molar-refractivity contribution in [2.75, 3.05) is 20.3 Å². The third-order valence-electron chi connectivity index (χ3n) is 2.37. The van der Waals surface area contributed by atoms with Crippen LogP contribution in [0.1, 0.15) is 5.56 Å². The molecular weight excluding hydrogens is 248 g/mol. The predicted octanol–water partition coefficient (Wildman–Crippen LogP) is 1.68. The summed E-state index contributed by atoms with van der Waals surface area (Å²) in [5.74, 6) is 0.762. The Morgan fingerprint density at radius 3 is 2.64 bits per heavy atom. The third-order valence-corrected chi connectivity index (χ3v) is 2.99. The molecule has 0 amide bonds. The lowest BCUT2D eigenvalue weighted by atomic mass is 9.92. The fourth-order valence-electron chi connectivity index (χ4n) is 1.42. The van der Waals surface area contributed by atoms with Crippen LogP contribution in [0.2, 0.25) is 0 Å². The van der Waals surface area contributed by atoms with Crippen molar-refractivity contribution < 1.29 is 14.6 Å². The van der Waals surface area contributed by atoms with Crippen LogP contribution < -0.4 is 4.74 Å².